The smallest absolute Gasteiger partial charge is 0.275 e. The maximum Gasteiger partial charge on any atom is 0.275 e. The predicted octanol–water partition coefficient (Wildman–Crippen LogP) is 3.81. The zero-order valence-corrected chi connectivity index (χ0v) is 25.4. The summed E-state index contributed by atoms with van der Waals surface area (Å²) in [5.41, 5.74) is 0.0685. The monoisotopic (exact) mass is 633 g/mol. The zero-order chi connectivity index (χ0) is 33.4. The van der Waals surface area contributed by atoms with E-state index in [9.17, 15) is 13.2 Å². The fourth-order valence-corrected chi connectivity index (χ4v) is 7.47. The average Bonchev–Trinajstić information content (AvgIpc) is 2.99. The number of nitrogens with one attached hydrogen (secondary N) is 1. The van der Waals surface area contributed by atoms with Crippen LogP contribution < -0.4 is 15.8 Å². The van der Waals surface area contributed by atoms with Crippen molar-refractivity contribution in [2.75, 3.05) is 67.7 Å². The van der Waals surface area contributed by atoms with Crippen molar-refractivity contribution in [3.63, 3.8) is 0 Å². The van der Waals surface area contributed by atoms with E-state index in [0.29, 0.717) is 38.1 Å². The highest BCUT2D eigenvalue weighted by Gasteiger charge is 2.39. The maximum atomic E-state index is 15.6. The molecule has 8 bridgehead atoms. The molecule has 7 rings (SSSR count). The van der Waals surface area contributed by atoms with Gasteiger partial charge in [0.05, 0.1) is 16.9 Å². The van der Waals surface area contributed by atoms with E-state index >= 15 is 8.78 Å². The number of rotatable bonds is 1. The number of nitrogens with zero attached hydrogens (tertiary/aromatic N) is 5. The minimum atomic E-state index is -3.23. The van der Waals surface area contributed by atoms with Crippen LogP contribution in [0.25, 0.3) is 11.0 Å². The highest BCUT2D eigenvalue weighted by Crippen LogP contribution is 2.39. The summed E-state index contributed by atoms with van der Waals surface area (Å²) >= 11 is 0. The van der Waals surface area contributed by atoms with Gasteiger partial charge in [-0.3, -0.25) is 9.36 Å². The molecule has 1 atom stereocenters. The largest absolute Gasteiger partial charge is 0.381 e. The first-order chi connectivity index (χ1) is 22.3. The van der Waals surface area contributed by atoms with Crippen molar-refractivity contribution in [2.24, 2.45) is 5.92 Å². The fourth-order valence-electron chi connectivity index (χ4n) is 6.27. The van der Waals surface area contributed by atoms with E-state index in [1.54, 1.807) is 11.0 Å². The minimum Gasteiger partial charge on any atom is -0.381 e. The van der Waals surface area contributed by atoms with Gasteiger partial charge in [-0.1, -0.05) is 18.2 Å². The number of aromatic nitrogens is 3. The number of hydrogen-bond acceptors (Lipinski definition) is 9. The first-order valence-corrected chi connectivity index (χ1v) is 17.0. The van der Waals surface area contributed by atoms with Crippen molar-refractivity contribution in [2.45, 2.75) is 51.0 Å². The average molecular weight is 634 g/mol. The number of alkyl halides is 2. The minimum absolute atomic E-state index is 0.102. The molecule has 1 N–H and O–H groups in total. The van der Waals surface area contributed by atoms with Crippen molar-refractivity contribution >= 4 is 32.4 Å². The first kappa shape index (κ1) is 27.2. The second-order valence-corrected chi connectivity index (χ2v) is 14.3. The van der Waals surface area contributed by atoms with Crippen LogP contribution in [0.15, 0.2) is 41.5 Å². The number of ether oxygens (including phenoxy) is 1. The third-order valence-electron chi connectivity index (χ3n) is 8.73. The van der Waals surface area contributed by atoms with Gasteiger partial charge in [-0.25, -0.2) is 27.2 Å². The standard InChI is InChI=1S/C31H40F2N6O4S/c1-22-24-6-4-7-25(16-24)31(32,33)18-23-19-37(20-23)8-2-3-12-43-13-5-9-39-29-26(28(36-22)34-21-35-29)17-27(30(39)40)38-10-14-44(41,42)15-11-38/h4,6-7,16-17,21-23H,2-3,5,8-15,18-20H2,1H3,(H,34,35,36)/t22-/m1/s1/i1D3. The number of sulfone groups is 1. The quantitative estimate of drug-likeness (QED) is 0.428. The Kier molecular flexibility index (Phi) is 7.83. The van der Waals surface area contributed by atoms with Gasteiger partial charge in [0.2, 0.25) is 0 Å². The summed E-state index contributed by atoms with van der Waals surface area (Å²) in [5, 5.41) is 3.34. The summed E-state index contributed by atoms with van der Waals surface area (Å²) in [4.78, 5) is 26.5. The van der Waals surface area contributed by atoms with E-state index in [2.05, 4.69) is 20.2 Å². The Morgan fingerprint density at radius 1 is 1.05 bits per heavy atom. The van der Waals surface area contributed by atoms with Crippen LogP contribution in [-0.2, 0) is 27.0 Å². The molecule has 0 amide bonds. The molecule has 13 heteroatoms. The summed E-state index contributed by atoms with van der Waals surface area (Å²) in [6, 6.07) is 5.69. The molecule has 0 spiro atoms. The fraction of sp³-hybridized carbons (Fsp3) is 0.581. The van der Waals surface area contributed by atoms with Gasteiger partial charge in [0.1, 0.15) is 23.5 Å². The number of halogens is 2. The Morgan fingerprint density at radius 2 is 1.84 bits per heavy atom. The lowest BCUT2D eigenvalue weighted by molar-refractivity contribution is -0.0570. The molecule has 0 saturated carbocycles. The van der Waals surface area contributed by atoms with Crippen LogP contribution in [-0.4, -0.2) is 85.3 Å². The Balaban J connectivity index is 1.42. The molecule has 10 nitrogen and oxygen atoms in total. The molecule has 238 valence electrons. The summed E-state index contributed by atoms with van der Waals surface area (Å²) in [5.74, 6) is -3.39. The highest BCUT2D eigenvalue weighted by atomic mass is 32.2. The summed E-state index contributed by atoms with van der Waals surface area (Å²) in [6.07, 6.45) is 3.12. The number of pyridine rings is 1. The Morgan fingerprint density at radius 3 is 2.64 bits per heavy atom. The number of fused-ring (bicyclic) bond motifs is 9. The van der Waals surface area contributed by atoms with E-state index in [1.807, 2.05) is 0 Å². The second-order valence-electron chi connectivity index (χ2n) is 12.0. The van der Waals surface area contributed by atoms with Crippen LogP contribution in [0.5, 0.6) is 0 Å². The molecule has 0 aliphatic carbocycles. The molecular weight excluding hydrogens is 590 g/mol. The van der Waals surface area contributed by atoms with Crippen LogP contribution in [0, 0.1) is 5.92 Å². The summed E-state index contributed by atoms with van der Waals surface area (Å²) in [6.45, 7) is 0.775. The molecule has 2 saturated heterocycles. The molecule has 6 heterocycles. The van der Waals surface area contributed by atoms with Gasteiger partial charge >= 0.3 is 0 Å². The van der Waals surface area contributed by atoms with Crippen molar-refractivity contribution in [1.29, 1.82) is 0 Å². The normalized spacial score (nSPS) is 27.5. The van der Waals surface area contributed by atoms with Crippen LogP contribution in [0.2, 0.25) is 0 Å². The lowest BCUT2D eigenvalue weighted by Crippen LogP contribution is -2.48. The van der Waals surface area contributed by atoms with Gasteiger partial charge in [-0.2, -0.15) is 0 Å². The lowest BCUT2D eigenvalue weighted by Gasteiger charge is -2.41. The molecule has 2 aromatic heterocycles. The van der Waals surface area contributed by atoms with E-state index < -0.39 is 28.7 Å². The summed E-state index contributed by atoms with van der Waals surface area (Å²) in [7, 11) is -3.23. The first-order valence-electron chi connectivity index (χ1n) is 16.7. The highest BCUT2D eigenvalue weighted by molar-refractivity contribution is 7.91. The van der Waals surface area contributed by atoms with Gasteiger partial charge in [-0.05, 0) is 56.3 Å². The zero-order valence-electron chi connectivity index (χ0n) is 27.6. The van der Waals surface area contributed by atoms with E-state index in [-0.39, 0.29) is 77.3 Å². The maximum absolute atomic E-state index is 15.6. The Hall–Kier alpha value is -3.16. The molecule has 0 radical (unpaired) electrons. The second kappa shape index (κ2) is 12.7. The molecule has 0 unspecified atom stereocenters. The Labute approximate surface area is 260 Å². The molecule has 3 aromatic rings. The predicted molar refractivity (Wildman–Crippen MR) is 166 cm³/mol. The third kappa shape index (κ3) is 6.74. The van der Waals surface area contributed by atoms with Crippen LogP contribution >= 0.6 is 0 Å². The molecule has 4 aliphatic heterocycles. The van der Waals surface area contributed by atoms with E-state index in [0.717, 1.165) is 19.4 Å². The van der Waals surface area contributed by atoms with Crippen molar-refractivity contribution in [3.05, 3.63) is 58.1 Å². The lowest BCUT2D eigenvalue weighted by atomic mass is 9.89. The van der Waals surface area contributed by atoms with Crippen LogP contribution in [0.3, 0.4) is 0 Å². The third-order valence-corrected chi connectivity index (χ3v) is 10.3. The topological polar surface area (TPSA) is 110 Å². The number of anilines is 2. The number of benzene rings is 1. The molecule has 4 aliphatic rings. The van der Waals surface area contributed by atoms with Gasteiger partial charge in [0.15, 0.2) is 9.84 Å². The SMILES string of the molecule is [2H]C([2H])([2H])[C@H]1Nc2ncnc3c2cc(N2CCS(=O)(=O)CC2)c(=O)n3CCCOCCCCN2CC(C2)CC(F)(F)c2cccc1c2. The van der Waals surface area contributed by atoms with Gasteiger partial charge in [0.25, 0.3) is 11.5 Å². The van der Waals surface area contributed by atoms with Crippen LogP contribution in [0.4, 0.5) is 20.3 Å². The van der Waals surface area contributed by atoms with Crippen LogP contribution in [0.1, 0.15) is 53.8 Å². The van der Waals surface area contributed by atoms with Crippen molar-refractivity contribution < 1.29 is 26.0 Å². The van der Waals surface area contributed by atoms with E-state index in [4.69, 9.17) is 8.85 Å². The Bertz CT molecular complexity index is 1750. The van der Waals surface area contributed by atoms with Gasteiger partial charge in [-0.15, -0.1) is 0 Å². The molecular formula is C31H40F2N6O4S. The number of hydrogen-bond donors (Lipinski definition) is 1. The van der Waals surface area contributed by atoms with Crippen molar-refractivity contribution in [3.8, 4) is 0 Å². The van der Waals surface area contributed by atoms with Gasteiger partial charge < -0.3 is 19.9 Å². The molecule has 2 fully saturated rings. The number of aryl methyl sites for hydroxylation is 1. The van der Waals surface area contributed by atoms with E-state index in [1.165, 1.54) is 35.2 Å². The summed E-state index contributed by atoms with van der Waals surface area (Å²) < 4.78 is 87.9. The molecule has 1 aromatic carbocycles. The van der Waals surface area contributed by atoms with Crippen molar-refractivity contribution in [1.82, 2.24) is 19.4 Å². The molecule has 44 heavy (non-hydrogen) atoms. The van der Waals surface area contributed by atoms with Gasteiger partial charge in [0, 0.05) is 68.1 Å².